The van der Waals surface area contributed by atoms with Crippen molar-refractivity contribution < 1.29 is 18.7 Å². The summed E-state index contributed by atoms with van der Waals surface area (Å²) in [6.45, 7) is 1.31. The SMILES string of the molecule is C[C@@H](NC(=O)/C=C/c1ccc(Cl)cc1)[C@](O)(Cn1cncn1)c1ccc(F)cc1F. The highest BCUT2D eigenvalue weighted by molar-refractivity contribution is 6.30. The van der Waals surface area contributed by atoms with Gasteiger partial charge in [-0.1, -0.05) is 29.8 Å². The van der Waals surface area contributed by atoms with E-state index in [1.54, 1.807) is 30.3 Å². The highest BCUT2D eigenvalue weighted by Gasteiger charge is 2.39. The summed E-state index contributed by atoms with van der Waals surface area (Å²) in [6, 6.07) is 8.77. The summed E-state index contributed by atoms with van der Waals surface area (Å²) >= 11 is 5.84. The molecule has 6 nitrogen and oxygen atoms in total. The Morgan fingerprint density at radius 1 is 1.30 bits per heavy atom. The molecule has 0 saturated carbocycles. The van der Waals surface area contributed by atoms with E-state index in [2.05, 4.69) is 15.4 Å². The Labute approximate surface area is 176 Å². The number of hydrogen-bond donors (Lipinski definition) is 2. The number of halogens is 3. The monoisotopic (exact) mass is 432 g/mol. The molecule has 156 valence electrons. The number of nitrogens with one attached hydrogen (secondary N) is 1. The molecular weight excluding hydrogens is 414 g/mol. The molecule has 1 aromatic heterocycles. The van der Waals surface area contributed by atoms with E-state index in [0.717, 1.165) is 17.7 Å². The highest BCUT2D eigenvalue weighted by atomic mass is 35.5. The second-order valence-electron chi connectivity index (χ2n) is 6.76. The van der Waals surface area contributed by atoms with Gasteiger partial charge in [-0.2, -0.15) is 5.10 Å². The zero-order valence-corrected chi connectivity index (χ0v) is 16.7. The van der Waals surface area contributed by atoms with E-state index in [1.165, 1.54) is 30.3 Å². The fourth-order valence-corrected chi connectivity index (χ4v) is 3.11. The molecule has 1 amide bonds. The maximum atomic E-state index is 14.5. The van der Waals surface area contributed by atoms with Gasteiger partial charge in [-0.05, 0) is 36.8 Å². The van der Waals surface area contributed by atoms with Gasteiger partial charge in [0.1, 0.15) is 29.9 Å². The molecule has 9 heteroatoms. The summed E-state index contributed by atoms with van der Waals surface area (Å²) in [7, 11) is 0. The van der Waals surface area contributed by atoms with Gasteiger partial charge < -0.3 is 10.4 Å². The molecule has 3 aromatic rings. The van der Waals surface area contributed by atoms with Crippen LogP contribution in [0.3, 0.4) is 0 Å². The van der Waals surface area contributed by atoms with Crippen LogP contribution in [0.5, 0.6) is 0 Å². The number of hydrogen-bond acceptors (Lipinski definition) is 4. The first-order valence-electron chi connectivity index (χ1n) is 9.02. The van der Waals surface area contributed by atoms with Crippen LogP contribution in [0, 0.1) is 11.6 Å². The molecular formula is C21H19ClF2N4O2. The van der Waals surface area contributed by atoms with Gasteiger partial charge in [0.2, 0.25) is 5.91 Å². The topological polar surface area (TPSA) is 80.0 Å². The maximum Gasteiger partial charge on any atom is 0.244 e. The lowest BCUT2D eigenvalue weighted by Crippen LogP contribution is -2.51. The van der Waals surface area contributed by atoms with Gasteiger partial charge in [-0.15, -0.1) is 0 Å². The van der Waals surface area contributed by atoms with E-state index in [-0.39, 0.29) is 12.1 Å². The van der Waals surface area contributed by atoms with Crippen molar-refractivity contribution in [2.24, 2.45) is 0 Å². The minimum atomic E-state index is -1.92. The number of rotatable bonds is 7. The number of aliphatic hydroxyl groups is 1. The molecule has 0 bridgehead atoms. The molecule has 0 fully saturated rings. The lowest BCUT2D eigenvalue weighted by Gasteiger charge is -2.35. The first kappa shape index (κ1) is 21.6. The van der Waals surface area contributed by atoms with Crippen LogP contribution in [0.15, 0.2) is 61.2 Å². The van der Waals surface area contributed by atoms with E-state index >= 15 is 0 Å². The summed E-state index contributed by atoms with van der Waals surface area (Å²) in [5.41, 5.74) is -1.34. The Kier molecular flexibility index (Phi) is 6.59. The van der Waals surface area contributed by atoms with Crippen molar-refractivity contribution >= 4 is 23.6 Å². The number of carbonyl (C=O) groups excluding carboxylic acids is 1. The van der Waals surface area contributed by atoms with Crippen LogP contribution in [0.2, 0.25) is 5.02 Å². The van der Waals surface area contributed by atoms with Gasteiger partial charge >= 0.3 is 0 Å². The van der Waals surface area contributed by atoms with Crippen molar-refractivity contribution in [1.82, 2.24) is 20.1 Å². The molecule has 0 spiro atoms. The van der Waals surface area contributed by atoms with Crippen LogP contribution in [0.4, 0.5) is 8.78 Å². The van der Waals surface area contributed by atoms with Crippen LogP contribution in [0.25, 0.3) is 6.08 Å². The molecule has 0 saturated heterocycles. The fraction of sp³-hybridized carbons (Fsp3) is 0.190. The Morgan fingerprint density at radius 2 is 2.03 bits per heavy atom. The Hall–Kier alpha value is -3.10. The summed E-state index contributed by atoms with van der Waals surface area (Å²) in [6.07, 6.45) is 5.48. The van der Waals surface area contributed by atoms with Crippen LogP contribution in [-0.2, 0) is 16.9 Å². The molecule has 0 unspecified atom stereocenters. The number of amides is 1. The van der Waals surface area contributed by atoms with Crippen molar-refractivity contribution in [2.75, 3.05) is 0 Å². The summed E-state index contributed by atoms with van der Waals surface area (Å²) < 4.78 is 29.2. The smallest absolute Gasteiger partial charge is 0.244 e. The van der Waals surface area contributed by atoms with Gasteiger partial charge in [-0.25, -0.2) is 18.4 Å². The van der Waals surface area contributed by atoms with E-state index in [9.17, 15) is 18.7 Å². The minimum absolute atomic E-state index is 0.172. The second-order valence-corrected chi connectivity index (χ2v) is 7.19. The molecule has 0 aliphatic carbocycles. The lowest BCUT2D eigenvalue weighted by atomic mass is 9.86. The van der Waals surface area contributed by atoms with Gasteiger partial charge in [0.25, 0.3) is 0 Å². The van der Waals surface area contributed by atoms with Gasteiger partial charge in [0.15, 0.2) is 0 Å². The zero-order chi connectivity index (χ0) is 21.7. The minimum Gasteiger partial charge on any atom is -0.381 e. The van der Waals surface area contributed by atoms with Gasteiger partial charge in [0, 0.05) is 22.7 Å². The van der Waals surface area contributed by atoms with Crippen LogP contribution >= 0.6 is 11.6 Å². The lowest BCUT2D eigenvalue weighted by molar-refractivity contribution is -0.120. The van der Waals surface area contributed by atoms with Gasteiger partial charge in [0.05, 0.1) is 12.6 Å². The van der Waals surface area contributed by atoms with E-state index in [1.807, 2.05) is 0 Å². The Morgan fingerprint density at radius 3 is 2.67 bits per heavy atom. The van der Waals surface area contributed by atoms with Crippen molar-refractivity contribution in [3.8, 4) is 0 Å². The molecule has 30 heavy (non-hydrogen) atoms. The number of aromatic nitrogens is 3. The molecule has 1 heterocycles. The second kappa shape index (κ2) is 9.15. The molecule has 2 atom stereocenters. The van der Waals surface area contributed by atoms with Crippen molar-refractivity contribution in [2.45, 2.75) is 25.1 Å². The van der Waals surface area contributed by atoms with E-state index in [0.29, 0.717) is 11.1 Å². The predicted molar refractivity (Wildman–Crippen MR) is 108 cm³/mol. The predicted octanol–water partition coefficient (Wildman–Crippen LogP) is 3.32. The average molecular weight is 433 g/mol. The summed E-state index contributed by atoms with van der Waals surface area (Å²) in [5.74, 6) is -2.21. The Balaban J connectivity index is 1.83. The molecule has 0 aliphatic rings. The van der Waals surface area contributed by atoms with Crippen molar-refractivity contribution in [3.05, 3.63) is 89.0 Å². The Bertz CT molecular complexity index is 1040. The third-order valence-corrected chi connectivity index (χ3v) is 4.89. The quantitative estimate of drug-likeness (QED) is 0.561. The molecule has 3 rings (SSSR count). The third-order valence-electron chi connectivity index (χ3n) is 4.64. The number of nitrogens with zero attached hydrogens (tertiary/aromatic N) is 3. The standard InChI is InChI=1S/C21H19ClF2N4O2/c1-14(27-20(29)9-4-15-2-5-16(22)6-3-15)21(30,11-28-13-25-12-26-28)18-8-7-17(23)10-19(18)24/h2-10,12-14,30H,11H2,1H3,(H,27,29)/b9-4+/t14-,21-/m1/s1. The number of carbonyl (C=O) groups is 1. The van der Waals surface area contributed by atoms with Crippen LogP contribution in [-0.4, -0.2) is 31.8 Å². The summed E-state index contributed by atoms with van der Waals surface area (Å²) in [5, 5.41) is 18.5. The molecule has 0 aliphatic heterocycles. The molecule has 2 N–H and O–H groups in total. The van der Waals surface area contributed by atoms with E-state index in [4.69, 9.17) is 11.6 Å². The van der Waals surface area contributed by atoms with Crippen molar-refractivity contribution in [1.29, 1.82) is 0 Å². The first-order chi connectivity index (χ1) is 14.3. The van der Waals surface area contributed by atoms with Crippen molar-refractivity contribution in [3.63, 3.8) is 0 Å². The van der Waals surface area contributed by atoms with E-state index < -0.39 is 29.2 Å². The van der Waals surface area contributed by atoms with Crippen LogP contribution in [0.1, 0.15) is 18.1 Å². The normalized spacial score (nSPS) is 14.4. The average Bonchev–Trinajstić information content (AvgIpc) is 3.20. The van der Waals surface area contributed by atoms with Crippen LogP contribution < -0.4 is 5.32 Å². The van der Waals surface area contributed by atoms with Gasteiger partial charge in [-0.3, -0.25) is 4.79 Å². The maximum absolute atomic E-state index is 14.5. The fourth-order valence-electron chi connectivity index (χ4n) is 2.98. The summed E-state index contributed by atoms with van der Waals surface area (Å²) in [4.78, 5) is 16.2. The zero-order valence-electron chi connectivity index (χ0n) is 16.0. The third kappa shape index (κ3) is 5.08. The molecule has 0 radical (unpaired) electrons. The number of benzene rings is 2. The highest BCUT2D eigenvalue weighted by Crippen LogP contribution is 2.30. The first-order valence-corrected chi connectivity index (χ1v) is 9.40. The largest absolute Gasteiger partial charge is 0.381 e. The molecule has 2 aromatic carbocycles.